The van der Waals surface area contributed by atoms with Gasteiger partial charge >= 0.3 is 0 Å². The molecule has 1 unspecified atom stereocenters. The van der Waals surface area contributed by atoms with Crippen molar-refractivity contribution in [2.45, 2.75) is 89.1 Å². The second-order valence-electron chi connectivity index (χ2n) is 8.85. The Morgan fingerprint density at radius 3 is 2.07 bits per heavy atom. The molecule has 1 aromatic carbocycles. The summed E-state index contributed by atoms with van der Waals surface area (Å²) in [6, 6.07) is 8.56. The van der Waals surface area contributed by atoms with E-state index in [1.54, 1.807) is 12.1 Å². The van der Waals surface area contributed by atoms with Gasteiger partial charge in [-0.15, -0.1) is 0 Å². The van der Waals surface area contributed by atoms with Crippen LogP contribution in [0.5, 0.6) is 0 Å². The molecule has 1 atom stereocenters. The Balaban J connectivity index is 1.62. The van der Waals surface area contributed by atoms with Crippen molar-refractivity contribution in [3.05, 3.63) is 30.3 Å². The highest BCUT2D eigenvalue weighted by Crippen LogP contribution is 2.34. The number of rotatable bonds is 4. The summed E-state index contributed by atoms with van der Waals surface area (Å²) in [7, 11) is 0. The Morgan fingerprint density at radius 1 is 0.828 bits per heavy atom. The van der Waals surface area contributed by atoms with Gasteiger partial charge in [0, 0.05) is 12.0 Å². The molecule has 2 aliphatic carbocycles. The van der Waals surface area contributed by atoms with Gasteiger partial charge < -0.3 is 4.90 Å². The molecule has 0 spiro atoms. The van der Waals surface area contributed by atoms with Crippen LogP contribution < -0.4 is 4.90 Å². The molecule has 156 valence electrons. The topological polar surface area (TPSA) is 57.7 Å². The lowest BCUT2D eigenvalue weighted by atomic mass is 9.87. The number of carbonyl (C=O) groups excluding carboxylic acids is 3. The lowest BCUT2D eigenvalue weighted by molar-refractivity contribution is -0.146. The van der Waals surface area contributed by atoms with Gasteiger partial charge in [0.15, 0.2) is 0 Å². The monoisotopic (exact) mass is 396 g/mol. The summed E-state index contributed by atoms with van der Waals surface area (Å²) in [6.45, 7) is 0. The predicted molar refractivity (Wildman–Crippen MR) is 112 cm³/mol. The van der Waals surface area contributed by atoms with E-state index in [-0.39, 0.29) is 36.1 Å². The minimum Gasteiger partial charge on any atom is -0.327 e. The smallest absolute Gasteiger partial charge is 0.257 e. The van der Waals surface area contributed by atoms with E-state index in [2.05, 4.69) is 0 Å². The molecule has 0 N–H and O–H groups in total. The minimum atomic E-state index is -0.639. The lowest BCUT2D eigenvalue weighted by Crippen LogP contribution is -2.52. The molecule has 0 aromatic heterocycles. The van der Waals surface area contributed by atoms with E-state index in [1.165, 1.54) is 24.2 Å². The van der Waals surface area contributed by atoms with Crippen molar-refractivity contribution in [1.82, 2.24) is 4.90 Å². The maximum atomic E-state index is 13.6. The fourth-order valence-corrected chi connectivity index (χ4v) is 5.37. The SMILES string of the molecule is O=C1CC(N(C(=O)C2CCCCC2)C2CCCCCC2)C(=O)N1c1ccccc1. The summed E-state index contributed by atoms with van der Waals surface area (Å²) >= 11 is 0. The van der Waals surface area contributed by atoms with E-state index >= 15 is 0 Å². The largest absolute Gasteiger partial charge is 0.327 e. The molecule has 0 radical (unpaired) electrons. The van der Waals surface area contributed by atoms with Gasteiger partial charge in [0.25, 0.3) is 5.91 Å². The summed E-state index contributed by atoms with van der Waals surface area (Å²) in [5, 5.41) is 0. The van der Waals surface area contributed by atoms with Crippen molar-refractivity contribution in [2.75, 3.05) is 4.90 Å². The van der Waals surface area contributed by atoms with E-state index in [4.69, 9.17) is 0 Å². The molecule has 1 heterocycles. The third-order valence-corrected chi connectivity index (χ3v) is 6.90. The molecule has 3 fully saturated rings. The number of nitrogens with zero attached hydrogens (tertiary/aromatic N) is 2. The van der Waals surface area contributed by atoms with Crippen LogP contribution in [0.25, 0.3) is 0 Å². The molecule has 1 saturated heterocycles. The summed E-state index contributed by atoms with van der Waals surface area (Å²) in [5.74, 6) is -0.283. The van der Waals surface area contributed by atoms with Crippen molar-refractivity contribution in [2.24, 2.45) is 5.92 Å². The van der Waals surface area contributed by atoms with Crippen LogP contribution in [0.15, 0.2) is 30.3 Å². The molecule has 1 aliphatic heterocycles. The number of benzene rings is 1. The first-order chi connectivity index (χ1) is 14.2. The minimum absolute atomic E-state index is 0.0145. The maximum absolute atomic E-state index is 13.6. The van der Waals surface area contributed by atoms with Crippen molar-refractivity contribution in [3.63, 3.8) is 0 Å². The van der Waals surface area contributed by atoms with Gasteiger partial charge in [0.05, 0.1) is 12.1 Å². The van der Waals surface area contributed by atoms with Gasteiger partial charge in [-0.25, -0.2) is 4.90 Å². The van der Waals surface area contributed by atoms with Crippen LogP contribution >= 0.6 is 0 Å². The molecule has 1 aromatic rings. The number of imide groups is 1. The number of amides is 3. The second-order valence-corrected chi connectivity index (χ2v) is 8.85. The van der Waals surface area contributed by atoms with E-state index < -0.39 is 6.04 Å². The zero-order valence-electron chi connectivity index (χ0n) is 17.2. The second kappa shape index (κ2) is 9.10. The van der Waals surface area contributed by atoms with E-state index in [0.717, 1.165) is 51.4 Å². The number of carbonyl (C=O) groups is 3. The Bertz CT molecular complexity index is 734. The van der Waals surface area contributed by atoms with Crippen LogP contribution in [-0.2, 0) is 14.4 Å². The molecule has 29 heavy (non-hydrogen) atoms. The summed E-state index contributed by atoms with van der Waals surface area (Å²) in [4.78, 5) is 43.0. The van der Waals surface area contributed by atoms with E-state index in [1.807, 2.05) is 23.1 Å². The molecule has 5 nitrogen and oxygen atoms in total. The fraction of sp³-hybridized carbons (Fsp3) is 0.625. The fourth-order valence-electron chi connectivity index (χ4n) is 5.37. The van der Waals surface area contributed by atoms with E-state index in [0.29, 0.717) is 5.69 Å². The maximum Gasteiger partial charge on any atom is 0.257 e. The average molecular weight is 397 g/mol. The third kappa shape index (κ3) is 4.24. The van der Waals surface area contributed by atoms with Crippen molar-refractivity contribution in [1.29, 1.82) is 0 Å². The summed E-state index contributed by atoms with van der Waals surface area (Å²) in [6.07, 6.45) is 11.8. The average Bonchev–Trinajstić information content (AvgIpc) is 2.92. The lowest BCUT2D eigenvalue weighted by Gasteiger charge is -2.38. The van der Waals surface area contributed by atoms with Crippen molar-refractivity contribution < 1.29 is 14.4 Å². The number of para-hydroxylation sites is 1. The normalized spacial score (nSPS) is 24.6. The Morgan fingerprint density at radius 2 is 1.41 bits per heavy atom. The zero-order valence-corrected chi connectivity index (χ0v) is 17.2. The van der Waals surface area contributed by atoms with Gasteiger partial charge in [-0.05, 0) is 37.8 Å². The van der Waals surface area contributed by atoms with Crippen LogP contribution in [0.1, 0.15) is 77.0 Å². The Kier molecular flexibility index (Phi) is 6.31. The van der Waals surface area contributed by atoms with Gasteiger partial charge in [0.1, 0.15) is 6.04 Å². The van der Waals surface area contributed by atoms with Crippen LogP contribution in [0.2, 0.25) is 0 Å². The Labute approximate surface area is 173 Å². The molecule has 3 aliphatic rings. The number of hydrogen-bond donors (Lipinski definition) is 0. The van der Waals surface area contributed by atoms with E-state index in [9.17, 15) is 14.4 Å². The molecule has 5 heteroatoms. The quantitative estimate of drug-likeness (QED) is 0.558. The molecular formula is C24H32N2O3. The molecule has 4 rings (SSSR count). The zero-order chi connectivity index (χ0) is 20.2. The standard InChI is InChI=1S/C24H32N2O3/c27-22-17-21(24(29)26(22)20-15-9-4-10-16-20)25(19-13-7-1-2-8-14-19)23(28)18-11-5-3-6-12-18/h4,9-10,15-16,18-19,21H,1-3,5-8,11-14,17H2. The molecular weight excluding hydrogens is 364 g/mol. The first kappa shape index (κ1) is 20.1. The van der Waals surface area contributed by atoms with Crippen LogP contribution in [0.3, 0.4) is 0 Å². The van der Waals surface area contributed by atoms with Gasteiger partial charge in [0.2, 0.25) is 11.8 Å². The van der Waals surface area contributed by atoms with Crippen LogP contribution in [0.4, 0.5) is 5.69 Å². The van der Waals surface area contributed by atoms with Crippen LogP contribution in [-0.4, -0.2) is 34.7 Å². The summed E-state index contributed by atoms with van der Waals surface area (Å²) < 4.78 is 0. The molecule has 3 amide bonds. The van der Waals surface area contributed by atoms with Crippen molar-refractivity contribution in [3.8, 4) is 0 Å². The highest BCUT2D eigenvalue weighted by Gasteiger charge is 2.47. The van der Waals surface area contributed by atoms with Gasteiger partial charge in [-0.1, -0.05) is 63.1 Å². The third-order valence-electron chi connectivity index (χ3n) is 6.90. The number of anilines is 1. The number of hydrogen-bond acceptors (Lipinski definition) is 3. The van der Waals surface area contributed by atoms with Crippen molar-refractivity contribution >= 4 is 23.4 Å². The first-order valence-electron chi connectivity index (χ1n) is 11.4. The molecule has 0 bridgehead atoms. The highest BCUT2D eigenvalue weighted by atomic mass is 16.2. The molecule has 2 saturated carbocycles. The summed E-state index contributed by atoms with van der Waals surface area (Å²) in [5.41, 5.74) is 0.607. The van der Waals surface area contributed by atoms with Gasteiger partial charge in [-0.3, -0.25) is 14.4 Å². The van der Waals surface area contributed by atoms with Crippen LogP contribution in [0, 0.1) is 5.92 Å². The first-order valence-corrected chi connectivity index (χ1v) is 11.4. The van der Waals surface area contributed by atoms with Gasteiger partial charge in [-0.2, -0.15) is 0 Å². The predicted octanol–water partition coefficient (Wildman–Crippen LogP) is 4.45. The highest BCUT2D eigenvalue weighted by molar-refractivity contribution is 6.23. The Hall–Kier alpha value is -2.17.